The molecule has 0 aliphatic heterocycles. The van der Waals surface area contributed by atoms with Crippen LogP contribution < -0.4 is 14.4 Å². The van der Waals surface area contributed by atoms with Crippen LogP contribution >= 0.6 is 0 Å². The summed E-state index contributed by atoms with van der Waals surface area (Å²) in [5, 5.41) is 0. The summed E-state index contributed by atoms with van der Waals surface area (Å²) < 4.78 is 11.2. The number of hydrogen-bond donors (Lipinski definition) is 0. The summed E-state index contributed by atoms with van der Waals surface area (Å²) in [5.74, 6) is -3.28. The van der Waals surface area contributed by atoms with Gasteiger partial charge in [-0.25, -0.2) is 4.90 Å². The predicted octanol–water partition coefficient (Wildman–Crippen LogP) is 4.08. The minimum atomic E-state index is -0.727. The Balaban J connectivity index is 2.11. The quantitative estimate of drug-likeness (QED) is 0.336. The van der Waals surface area contributed by atoms with Crippen molar-refractivity contribution in [1.82, 2.24) is 0 Å². The fourth-order valence-electron chi connectivity index (χ4n) is 3.91. The third-order valence-corrected chi connectivity index (χ3v) is 5.18. The van der Waals surface area contributed by atoms with E-state index in [4.69, 9.17) is 9.47 Å². The maximum absolute atomic E-state index is 13.7. The van der Waals surface area contributed by atoms with Crippen LogP contribution in [0, 0.1) is 0 Å². The van der Waals surface area contributed by atoms with E-state index in [1.165, 1.54) is 18.2 Å². The van der Waals surface area contributed by atoms with Gasteiger partial charge in [0, 0.05) is 38.0 Å². The number of carbonyl (C=O) groups excluding carboxylic acids is 5. The maximum atomic E-state index is 13.7. The molecule has 0 saturated carbocycles. The van der Waals surface area contributed by atoms with Gasteiger partial charge in [0.05, 0.1) is 11.1 Å². The van der Waals surface area contributed by atoms with Crippen LogP contribution in [0.5, 0.6) is 17.2 Å². The third kappa shape index (κ3) is 3.86. The minimum Gasteiger partial charge on any atom is -0.455 e. The van der Waals surface area contributed by atoms with Gasteiger partial charge in [-0.2, -0.15) is 0 Å². The van der Waals surface area contributed by atoms with Crippen molar-refractivity contribution in [3.05, 3.63) is 82.9 Å². The van der Waals surface area contributed by atoms with Crippen LogP contribution in [0.4, 0.5) is 5.69 Å². The zero-order valence-electron chi connectivity index (χ0n) is 18.6. The van der Waals surface area contributed by atoms with Gasteiger partial charge in [-0.1, -0.05) is 42.5 Å². The lowest BCUT2D eigenvalue weighted by Gasteiger charge is -2.28. The van der Waals surface area contributed by atoms with Crippen LogP contribution in [-0.2, 0) is 14.4 Å². The number of ether oxygens (including phenoxy) is 2. The fourth-order valence-corrected chi connectivity index (χ4v) is 3.91. The molecule has 34 heavy (non-hydrogen) atoms. The Morgan fingerprint density at radius 3 is 1.76 bits per heavy atom. The number of fused-ring (bicyclic) bond motifs is 2. The Hall–Kier alpha value is -4.59. The van der Waals surface area contributed by atoms with Crippen molar-refractivity contribution in [1.29, 1.82) is 0 Å². The highest BCUT2D eigenvalue weighted by Crippen LogP contribution is 2.46. The van der Waals surface area contributed by atoms with Crippen LogP contribution in [0.3, 0.4) is 0 Å². The lowest BCUT2D eigenvalue weighted by molar-refractivity contribution is -0.132. The Labute approximate surface area is 194 Å². The second-order valence-corrected chi connectivity index (χ2v) is 7.56. The van der Waals surface area contributed by atoms with Crippen LogP contribution in [0.1, 0.15) is 52.6 Å². The van der Waals surface area contributed by atoms with Crippen molar-refractivity contribution in [3.8, 4) is 17.2 Å². The van der Waals surface area contributed by atoms with E-state index in [0.29, 0.717) is 5.75 Å². The molecule has 0 bridgehead atoms. The van der Waals surface area contributed by atoms with Gasteiger partial charge in [0.25, 0.3) is 0 Å². The molecule has 4 rings (SSSR count). The van der Waals surface area contributed by atoms with E-state index in [0.717, 1.165) is 25.7 Å². The Morgan fingerprint density at radius 2 is 1.24 bits per heavy atom. The molecule has 1 aliphatic rings. The number of imide groups is 1. The monoisotopic (exact) mass is 457 g/mol. The predicted molar refractivity (Wildman–Crippen MR) is 121 cm³/mol. The van der Waals surface area contributed by atoms with Crippen molar-refractivity contribution >= 4 is 35.0 Å². The van der Waals surface area contributed by atoms with Gasteiger partial charge in [-0.15, -0.1) is 0 Å². The topological polar surface area (TPSA) is 107 Å². The average molecular weight is 457 g/mol. The molecular formula is C26H19NO7. The van der Waals surface area contributed by atoms with E-state index < -0.39 is 29.4 Å². The molecule has 0 heterocycles. The summed E-state index contributed by atoms with van der Waals surface area (Å²) in [5.41, 5.74) is -0.449. The van der Waals surface area contributed by atoms with Gasteiger partial charge in [-0.3, -0.25) is 24.0 Å². The summed E-state index contributed by atoms with van der Waals surface area (Å²) in [6, 6.07) is 15.8. The minimum absolute atomic E-state index is 0.0962. The molecule has 3 aromatic carbocycles. The molecule has 0 spiro atoms. The van der Waals surface area contributed by atoms with Crippen molar-refractivity contribution in [3.63, 3.8) is 0 Å². The zero-order valence-corrected chi connectivity index (χ0v) is 18.6. The van der Waals surface area contributed by atoms with E-state index in [9.17, 15) is 24.0 Å². The highest BCUT2D eigenvalue weighted by Gasteiger charge is 2.40. The molecule has 0 saturated heterocycles. The molecule has 0 atom stereocenters. The first-order valence-corrected chi connectivity index (χ1v) is 10.3. The largest absolute Gasteiger partial charge is 0.455 e. The van der Waals surface area contributed by atoms with Crippen LogP contribution in [-0.4, -0.2) is 29.4 Å². The number of carbonyl (C=O) groups is 5. The first-order chi connectivity index (χ1) is 16.2. The number of para-hydroxylation sites is 1. The number of amides is 2. The Kier molecular flexibility index (Phi) is 5.81. The molecular weight excluding hydrogens is 438 g/mol. The molecule has 8 heteroatoms. The number of benzene rings is 3. The molecule has 3 aromatic rings. The van der Waals surface area contributed by atoms with Crippen LogP contribution in [0.15, 0.2) is 60.7 Å². The van der Waals surface area contributed by atoms with Crippen LogP contribution in [0.2, 0.25) is 0 Å². The summed E-state index contributed by atoms with van der Waals surface area (Å²) in [6.07, 6.45) is 0. The van der Waals surface area contributed by atoms with Gasteiger partial charge < -0.3 is 9.47 Å². The lowest BCUT2D eigenvalue weighted by atomic mass is 9.82. The zero-order chi connectivity index (χ0) is 24.6. The SMILES string of the molecule is CC(=O)Oc1cc(Oc2ccccc2)c(N(C(C)=O)C(C)=O)c2c1C(=O)c1ccccc1C2=O. The highest BCUT2D eigenvalue weighted by atomic mass is 16.5. The average Bonchev–Trinajstić information content (AvgIpc) is 2.78. The third-order valence-electron chi connectivity index (χ3n) is 5.18. The van der Waals surface area contributed by atoms with Crippen LogP contribution in [0.25, 0.3) is 0 Å². The van der Waals surface area contributed by atoms with Gasteiger partial charge in [0.2, 0.25) is 11.8 Å². The molecule has 0 radical (unpaired) electrons. The number of hydrogen-bond acceptors (Lipinski definition) is 7. The van der Waals surface area contributed by atoms with Gasteiger partial charge >= 0.3 is 5.97 Å². The number of rotatable bonds is 4. The van der Waals surface area contributed by atoms with Gasteiger partial charge in [-0.05, 0) is 12.1 Å². The number of nitrogens with zero attached hydrogens (tertiary/aromatic N) is 1. The smallest absolute Gasteiger partial charge is 0.308 e. The molecule has 2 amide bonds. The Bertz CT molecular complexity index is 1360. The van der Waals surface area contributed by atoms with E-state index in [1.807, 2.05) is 0 Å². The second kappa shape index (κ2) is 8.74. The van der Waals surface area contributed by atoms with E-state index in [1.54, 1.807) is 42.5 Å². The van der Waals surface area contributed by atoms with Gasteiger partial charge in [0.15, 0.2) is 17.3 Å². The Morgan fingerprint density at radius 1 is 0.706 bits per heavy atom. The molecule has 1 aliphatic carbocycles. The molecule has 0 unspecified atom stereocenters. The lowest BCUT2D eigenvalue weighted by Crippen LogP contribution is -2.36. The highest BCUT2D eigenvalue weighted by molar-refractivity contribution is 6.33. The van der Waals surface area contributed by atoms with E-state index >= 15 is 0 Å². The van der Waals surface area contributed by atoms with E-state index in [2.05, 4.69) is 0 Å². The summed E-state index contributed by atoms with van der Waals surface area (Å²) in [6.45, 7) is 3.46. The molecule has 170 valence electrons. The standard InChI is InChI=1S/C26H19NO7/c1-14(28)27(15(2)29)24-21(34-17-9-5-4-6-10-17)13-20(33-16(3)30)22-23(24)26(32)19-12-8-7-11-18(19)25(22)31/h4-13H,1-3H3. The number of anilines is 1. The molecule has 8 nitrogen and oxygen atoms in total. The van der Waals surface area contributed by atoms with Crippen molar-refractivity contribution in [2.45, 2.75) is 20.8 Å². The maximum Gasteiger partial charge on any atom is 0.308 e. The summed E-state index contributed by atoms with van der Waals surface area (Å²) in [4.78, 5) is 64.8. The normalized spacial score (nSPS) is 11.9. The summed E-state index contributed by atoms with van der Waals surface area (Å²) >= 11 is 0. The van der Waals surface area contributed by atoms with E-state index in [-0.39, 0.29) is 39.4 Å². The second-order valence-electron chi connectivity index (χ2n) is 7.56. The van der Waals surface area contributed by atoms with Crippen molar-refractivity contribution in [2.75, 3.05) is 4.90 Å². The fraction of sp³-hybridized carbons (Fsp3) is 0.115. The molecule has 0 fully saturated rings. The van der Waals surface area contributed by atoms with Crippen molar-refractivity contribution < 1.29 is 33.4 Å². The van der Waals surface area contributed by atoms with Crippen molar-refractivity contribution in [2.24, 2.45) is 0 Å². The summed E-state index contributed by atoms with van der Waals surface area (Å²) in [7, 11) is 0. The molecule has 0 N–H and O–H groups in total. The molecule has 0 aromatic heterocycles. The van der Waals surface area contributed by atoms with Gasteiger partial charge in [0.1, 0.15) is 17.2 Å². The first kappa shape index (κ1) is 22.6. The number of esters is 1. The first-order valence-electron chi connectivity index (χ1n) is 10.3. The number of ketones is 2.